The Labute approximate surface area is 115 Å². The molecule has 2 aliphatic rings. The number of hydrogen-bond donors (Lipinski definition) is 2. The Balaban J connectivity index is 2.19. The first-order chi connectivity index (χ1) is 8.96. The Morgan fingerprint density at radius 3 is 2.00 bits per heavy atom. The van der Waals surface area contributed by atoms with E-state index in [-0.39, 0.29) is 12.8 Å². The van der Waals surface area contributed by atoms with Crippen LogP contribution in [0.3, 0.4) is 0 Å². The van der Waals surface area contributed by atoms with Gasteiger partial charge in [0.05, 0.1) is 5.54 Å². The number of nitrogens with one attached hydrogen (secondary N) is 1. The van der Waals surface area contributed by atoms with Crippen LogP contribution >= 0.6 is 0 Å². The molecule has 114 valence electrons. The number of alkyl carbamates (subject to hydrolysis) is 1. The van der Waals surface area contributed by atoms with Gasteiger partial charge in [-0.1, -0.05) is 0 Å². The highest BCUT2D eigenvalue weighted by Gasteiger charge is 2.85. The standard InChI is InChI=1S/C13H19F2NO4/c1-10(2,3)20-9(19)16-11(5-4-6-11)12(8(17)18)7-13(12,14)15/h4-7H2,1-3H3,(H,16,19)(H,17,18). The molecule has 0 heterocycles. The number of halogens is 2. The first kappa shape index (κ1) is 15.0. The molecule has 0 aromatic carbocycles. The van der Waals surface area contributed by atoms with E-state index < -0.39 is 41.0 Å². The van der Waals surface area contributed by atoms with Crippen LogP contribution in [0.5, 0.6) is 0 Å². The third-order valence-corrected chi connectivity index (χ3v) is 4.12. The molecule has 2 aliphatic carbocycles. The summed E-state index contributed by atoms with van der Waals surface area (Å²) in [6, 6.07) is 0. The number of carboxylic acid groups (broad SMARTS) is 1. The molecule has 2 rings (SSSR count). The Hall–Kier alpha value is -1.40. The van der Waals surface area contributed by atoms with Crippen LogP contribution in [0.4, 0.5) is 13.6 Å². The number of alkyl halides is 2. The van der Waals surface area contributed by atoms with Gasteiger partial charge in [0.2, 0.25) is 0 Å². The van der Waals surface area contributed by atoms with E-state index in [2.05, 4.69) is 5.32 Å². The molecule has 0 aromatic heterocycles. The van der Waals surface area contributed by atoms with E-state index in [0.717, 1.165) is 0 Å². The van der Waals surface area contributed by atoms with Gasteiger partial charge in [0.1, 0.15) is 5.60 Å². The second-order valence-corrected chi connectivity index (χ2v) is 6.65. The van der Waals surface area contributed by atoms with Crippen molar-refractivity contribution in [1.82, 2.24) is 5.32 Å². The SMILES string of the molecule is CC(C)(C)OC(=O)NC1(C2(C(=O)O)CC2(F)F)CCC1. The average Bonchev–Trinajstić information content (AvgIpc) is 2.74. The molecule has 0 saturated heterocycles. The monoisotopic (exact) mass is 291 g/mol. The second-order valence-electron chi connectivity index (χ2n) is 6.65. The fourth-order valence-electron chi connectivity index (χ4n) is 2.93. The van der Waals surface area contributed by atoms with Gasteiger partial charge in [0.25, 0.3) is 5.92 Å². The van der Waals surface area contributed by atoms with Crippen molar-refractivity contribution in [3.05, 3.63) is 0 Å². The quantitative estimate of drug-likeness (QED) is 0.838. The molecule has 5 nitrogen and oxygen atoms in total. The number of carbonyl (C=O) groups is 2. The van der Waals surface area contributed by atoms with Crippen LogP contribution in [0.25, 0.3) is 0 Å². The average molecular weight is 291 g/mol. The number of amides is 1. The van der Waals surface area contributed by atoms with Crippen molar-refractivity contribution in [2.45, 2.75) is 63.5 Å². The molecular formula is C13H19F2NO4. The summed E-state index contributed by atoms with van der Waals surface area (Å²) in [5, 5.41) is 11.6. The molecule has 7 heteroatoms. The lowest BCUT2D eigenvalue weighted by Crippen LogP contribution is -2.64. The van der Waals surface area contributed by atoms with Gasteiger partial charge >= 0.3 is 12.1 Å². The van der Waals surface area contributed by atoms with E-state index in [1.165, 1.54) is 0 Å². The van der Waals surface area contributed by atoms with Crippen molar-refractivity contribution in [3.8, 4) is 0 Å². The summed E-state index contributed by atoms with van der Waals surface area (Å²) in [5.41, 5.74) is -4.35. The summed E-state index contributed by atoms with van der Waals surface area (Å²) < 4.78 is 32.3. The Morgan fingerprint density at radius 1 is 1.25 bits per heavy atom. The zero-order valence-corrected chi connectivity index (χ0v) is 11.8. The maximum Gasteiger partial charge on any atom is 0.408 e. The molecule has 0 aromatic rings. The lowest BCUT2D eigenvalue weighted by Gasteiger charge is -2.46. The van der Waals surface area contributed by atoms with Crippen LogP contribution in [0, 0.1) is 5.41 Å². The van der Waals surface area contributed by atoms with Gasteiger partial charge < -0.3 is 15.2 Å². The van der Waals surface area contributed by atoms with Crippen LogP contribution in [-0.2, 0) is 9.53 Å². The smallest absolute Gasteiger partial charge is 0.408 e. The minimum Gasteiger partial charge on any atom is -0.481 e. The Kier molecular flexibility index (Phi) is 3.04. The fraction of sp³-hybridized carbons (Fsp3) is 0.846. The molecule has 2 fully saturated rings. The molecule has 0 aliphatic heterocycles. The maximum absolute atomic E-state index is 13.6. The number of aliphatic carboxylic acids is 1. The van der Waals surface area contributed by atoms with Crippen LogP contribution < -0.4 is 5.32 Å². The molecule has 1 unspecified atom stereocenters. The summed E-state index contributed by atoms with van der Waals surface area (Å²) in [6.07, 6.45) is -0.505. The number of carboxylic acids is 1. The highest BCUT2D eigenvalue weighted by molar-refractivity contribution is 5.84. The maximum atomic E-state index is 13.6. The lowest BCUT2D eigenvalue weighted by molar-refractivity contribution is -0.156. The number of rotatable bonds is 3. The topological polar surface area (TPSA) is 75.6 Å². The van der Waals surface area contributed by atoms with Crippen LogP contribution in [0.2, 0.25) is 0 Å². The largest absolute Gasteiger partial charge is 0.481 e. The second kappa shape index (κ2) is 4.05. The van der Waals surface area contributed by atoms with Gasteiger partial charge in [0, 0.05) is 6.42 Å². The van der Waals surface area contributed by atoms with Crippen molar-refractivity contribution in [2.24, 2.45) is 5.41 Å². The van der Waals surface area contributed by atoms with Gasteiger partial charge in [-0.15, -0.1) is 0 Å². The zero-order valence-electron chi connectivity index (χ0n) is 11.8. The fourth-order valence-corrected chi connectivity index (χ4v) is 2.93. The summed E-state index contributed by atoms with van der Waals surface area (Å²) >= 11 is 0. The third-order valence-electron chi connectivity index (χ3n) is 4.12. The molecule has 2 saturated carbocycles. The normalized spacial score (nSPS) is 30.1. The third kappa shape index (κ3) is 2.03. The summed E-state index contributed by atoms with van der Waals surface area (Å²) in [7, 11) is 0. The minimum absolute atomic E-state index is 0.230. The number of hydrogen-bond acceptors (Lipinski definition) is 3. The first-order valence-electron chi connectivity index (χ1n) is 6.58. The summed E-state index contributed by atoms with van der Waals surface area (Å²) in [5.74, 6) is -4.84. The highest BCUT2D eigenvalue weighted by Crippen LogP contribution is 2.70. The van der Waals surface area contributed by atoms with Gasteiger partial charge in [0.15, 0.2) is 5.41 Å². The van der Waals surface area contributed by atoms with E-state index in [1.807, 2.05) is 0 Å². The van der Waals surface area contributed by atoms with E-state index in [0.29, 0.717) is 6.42 Å². The van der Waals surface area contributed by atoms with Crippen molar-refractivity contribution in [3.63, 3.8) is 0 Å². The predicted molar refractivity (Wildman–Crippen MR) is 65.6 cm³/mol. The Morgan fingerprint density at radius 2 is 1.75 bits per heavy atom. The van der Waals surface area contributed by atoms with E-state index in [9.17, 15) is 23.5 Å². The molecule has 0 bridgehead atoms. The van der Waals surface area contributed by atoms with Gasteiger partial charge in [-0.2, -0.15) is 0 Å². The summed E-state index contributed by atoms with van der Waals surface area (Å²) in [6.45, 7) is 4.95. The molecule has 0 radical (unpaired) electrons. The number of carbonyl (C=O) groups excluding carboxylic acids is 1. The van der Waals surface area contributed by atoms with Crippen LogP contribution in [0.1, 0.15) is 46.5 Å². The zero-order chi connectivity index (χ0) is 15.4. The van der Waals surface area contributed by atoms with Crippen LogP contribution in [-0.4, -0.2) is 34.2 Å². The van der Waals surface area contributed by atoms with Crippen molar-refractivity contribution < 1.29 is 28.2 Å². The van der Waals surface area contributed by atoms with Gasteiger partial charge in [-0.3, -0.25) is 4.79 Å². The Bertz CT molecular complexity index is 454. The highest BCUT2D eigenvalue weighted by atomic mass is 19.3. The molecule has 20 heavy (non-hydrogen) atoms. The van der Waals surface area contributed by atoms with Gasteiger partial charge in [-0.05, 0) is 40.0 Å². The van der Waals surface area contributed by atoms with Crippen molar-refractivity contribution >= 4 is 12.1 Å². The number of ether oxygens (including phenoxy) is 1. The van der Waals surface area contributed by atoms with Crippen molar-refractivity contribution in [2.75, 3.05) is 0 Å². The van der Waals surface area contributed by atoms with Crippen molar-refractivity contribution in [1.29, 1.82) is 0 Å². The minimum atomic E-state index is -3.28. The molecule has 2 N–H and O–H groups in total. The van der Waals surface area contributed by atoms with E-state index in [4.69, 9.17) is 4.74 Å². The van der Waals surface area contributed by atoms with Crippen LogP contribution in [0.15, 0.2) is 0 Å². The van der Waals surface area contributed by atoms with E-state index in [1.54, 1.807) is 20.8 Å². The lowest BCUT2D eigenvalue weighted by atomic mass is 9.65. The van der Waals surface area contributed by atoms with E-state index >= 15 is 0 Å². The van der Waals surface area contributed by atoms with Gasteiger partial charge in [-0.25, -0.2) is 13.6 Å². The molecule has 1 amide bonds. The summed E-state index contributed by atoms with van der Waals surface area (Å²) in [4.78, 5) is 23.1. The molecular weight excluding hydrogens is 272 g/mol. The predicted octanol–water partition coefficient (Wildman–Crippen LogP) is 2.54. The molecule has 1 atom stereocenters. The first-order valence-corrected chi connectivity index (χ1v) is 6.58. The molecule has 0 spiro atoms.